The van der Waals surface area contributed by atoms with Crippen LogP contribution in [0.3, 0.4) is 0 Å². The highest BCUT2D eigenvalue weighted by molar-refractivity contribution is 7.16. The number of nitrogens with zero attached hydrogens (tertiary/aromatic N) is 2. The third-order valence-electron chi connectivity index (χ3n) is 5.87. The van der Waals surface area contributed by atoms with Crippen molar-refractivity contribution in [3.05, 3.63) is 46.5 Å². The maximum Gasteiger partial charge on any atom is 0.133 e. The molecule has 2 heterocycles. The van der Waals surface area contributed by atoms with Gasteiger partial charge in [0.05, 0.1) is 5.00 Å². The summed E-state index contributed by atoms with van der Waals surface area (Å²) in [5.74, 6) is 1.02. The van der Waals surface area contributed by atoms with Gasteiger partial charge in [0.2, 0.25) is 0 Å². The van der Waals surface area contributed by atoms with Crippen molar-refractivity contribution in [2.75, 3.05) is 11.4 Å². The minimum absolute atomic E-state index is 0.250. The second kappa shape index (κ2) is 6.53. The molecular weight excluding hydrogens is 336 g/mol. The van der Waals surface area contributed by atoms with E-state index in [1.165, 1.54) is 23.4 Å². The van der Waals surface area contributed by atoms with Gasteiger partial charge in [-0.3, -0.25) is 0 Å². The van der Waals surface area contributed by atoms with Crippen LogP contribution < -0.4 is 4.90 Å². The maximum absolute atomic E-state index is 4.74. The van der Waals surface area contributed by atoms with Crippen molar-refractivity contribution in [3.8, 4) is 0 Å². The number of allylic oxidation sites excluding steroid dienone is 1. The number of hydrogen-bond acceptors (Lipinski definition) is 3. The fourth-order valence-electron chi connectivity index (χ4n) is 4.12. The van der Waals surface area contributed by atoms with E-state index in [2.05, 4.69) is 65.2 Å². The van der Waals surface area contributed by atoms with Gasteiger partial charge < -0.3 is 4.90 Å². The van der Waals surface area contributed by atoms with E-state index in [0.29, 0.717) is 0 Å². The lowest BCUT2D eigenvalue weighted by Gasteiger charge is -2.39. The third-order valence-corrected chi connectivity index (χ3v) is 7.55. The molecule has 0 fully saturated rings. The number of pyridine rings is 1. The SMILES string of the molecule is C=C(C)c1ccc(N(CC)c2sc3c(c2C)C(C)(C)CCC3(C)C)nc1. The minimum atomic E-state index is 0.250. The molecule has 3 rings (SSSR count). The Hall–Kier alpha value is -1.61. The molecule has 2 nitrogen and oxygen atoms in total. The van der Waals surface area contributed by atoms with Crippen molar-refractivity contribution in [1.29, 1.82) is 0 Å². The van der Waals surface area contributed by atoms with Gasteiger partial charge in [0.25, 0.3) is 0 Å². The molecule has 26 heavy (non-hydrogen) atoms. The lowest BCUT2D eigenvalue weighted by Crippen LogP contribution is -2.32. The topological polar surface area (TPSA) is 16.1 Å². The summed E-state index contributed by atoms with van der Waals surface area (Å²) in [6.07, 6.45) is 4.45. The standard InChI is InChI=1S/C23H32N2S/c1-9-25(18-11-10-17(14-24-18)15(2)3)21-16(4)19-20(26-21)23(7,8)13-12-22(19,5)6/h10-11,14H,2,9,12-13H2,1,3-8H3. The van der Waals surface area contributed by atoms with E-state index >= 15 is 0 Å². The lowest BCUT2D eigenvalue weighted by molar-refractivity contribution is 0.337. The summed E-state index contributed by atoms with van der Waals surface area (Å²) in [6, 6.07) is 4.26. The molecule has 2 aromatic rings. The molecule has 0 aromatic carbocycles. The summed E-state index contributed by atoms with van der Waals surface area (Å²) in [5.41, 5.74) is 5.68. The number of anilines is 2. The third kappa shape index (κ3) is 3.11. The fourth-order valence-corrected chi connectivity index (χ4v) is 5.81. The Kier molecular flexibility index (Phi) is 4.81. The summed E-state index contributed by atoms with van der Waals surface area (Å²) in [6.45, 7) is 21.1. The zero-order valence-corrected chi connectivity index (χ0v) is 18.2. The Labute approximate surface area is 163 Å². The van der Waals surface area contributed by atoms with Crippen LogP contribution in [0.2, 0.25) is 0 Å². The molecule has 0 N–H and O–H groups in total. The van der Waals surface area contributed by atoms with Crippen molar-refractivity contribution in [2.24, 2.45) is 0 Å². The predicted molar refractivity (Wildman–Crippen MR) is 116 cm³/mol. The molecule has 0 aliphatic heterocycles. The molecule has 3 heteroatoms. The van der Waals surface area contributed by atoms with Crippen molar-refractivity contribution < 1.29 is 0 Å². The Bertz CT molecular complexity index is 825. The van der Waals surface area contributed by atoms with E-state index in [9.17, 15) is 0 Å². The Balaban J connectivity index is 2.11. The molecule has 2 aromatic heterocycles. The van der Waals surface area contributed by atoms with E-state index in [4.69, 9.17) is 4.98 Å². The molecule has 1 aliphatic rings. The van der Waals surface area contributed by atoms with Crippen molar-refractivity contribution in [3.63, 3.8) is 0 Å². The van der Waals surface area contributed by atoms with Crippen molar-refractivity contribution in [2.45, 2.75) is 72.1 Å². The first kappa shape index (κ1) is 19.2. The van der Waals surface area contributed by atoms with Gasteiger partial charge in [-0.1, -0.05) is 34.3 Å². The molecule has 0 unspecified atom stereocenters. The molecule has 0 saturated heterocycles. The summed E-state index contributed by atoms with van der Waals surface area (Å²) in [7, 11) is 0. The van der Waals surface area contributed by atoms with E-state index in [0.717, 1.165) is 23.5 Å². The monoisotopic (exact) mass is 368 g/mol. The first-order chi connectivity index (χ1) is 12.1. The summed E-state index contributed by atoms with van der Waals surface area (Å²) >= 11 is 1.98. The second-order valence-corrected chi connectivity index (χ2v) is 9.93. The number of aromatic nitrogens is 1. The first-order valence-electron chi connectivity index (χ1n) is 9.62. The highest BCUT2D eigenvalue weighted by atomic mass is 32.1. The van der Waals surface area contributed by atoms with Gasteiger partial charge in [0, 0.05) is 17.6 Å². The summed E-state index contributed by atoms with van der Waals surface area (Å²) in [5, 5.41) is 1.36. The number of hydrogen-bond donors (Lipinski definition) is 0. The van der Waals surface area contributed by atoms with Crippen LogP contribution in [0.5, 0.6) is 0 Å². The molecule has 140 valence electrons. The number of thiophene rings is 1. The van der Waals surface area contributed by atoms with Gasteiger partial charge in [-0.05, 0) is 78.8 Å². The highest BCUT2D eigenvalue weighted by Crippen LogP contribution is 2.54. The van der Waals surface area contributed by atoms with Crippen LogP contribution >= 0.6 is 11.3 Å². The van der Waals surface area contributed by atoms with E-state index < -0.39 is 0 Å². The van der Waals surface area contributed by atoms with E-state index in [-0.39, 0.29) is 10.8 Å². The van der Waals surface area contributed by atoms with Crippen LogP contribution in [0.25, 0.3) is 5.57 Å². The van der Waals surface area contributed by atoms with Crippen LogP contribution in [-0.2, 0) is 10.8 Å². The highest BCUT2D eigenvalue weighted by Gasteiger charge is 2.41. The van der Waals surface area contributed by atoms with Crippen LogP contribution in [0.15, 0.2) is 24.9 Å². The molecule has 1 aliphatic carbocycles. The summed E-state index contributed by atoms with van der Waals surface area (Å²) < 4.78 is 0. The second-order valence-electron chi connectivity index (χ2n) is 8.93. The molecule has 0 saturated carbocycles. The molecule has 0 atom stereocenters. The van der Waals surface area contributed by atoms with Gasteiger partial charge in [-0.2, -0.15) is 0 Å². The van der Waals surface area contributed by atoms with Gasteiger partial charge in [-0.25, -0.2) is 4.98 Å². The van der Waals surface area contributed by atoms with Crippen molar-refractivity contribution in [1.82, 2.24) is 4.98 Å². The first-order valence-corrected chi connectivity index (χ1v) is 10.4. The van der Waals surface area contributed by atoms with Gasteiger partial charge in [0.1, 0.15) is 5.82 Å². The number of fused-ring (bicyclic) bond motifs is 1. The van der Waals surface area contributed by atoms with Gasteiger partial charge in [0.15, 0.2) is 0 Å². The average Bonchev–Trinajstić information content (AvgIpc) is 2.93. The largest absolute Gasteiger partial charge is 0.318 e. The molecule has 0 radical (unpaired) electrons. The van der Waals surface area contributed by atoms with E-state index in [1.807, 2.05) is 24.5 Å². The smallest absolute Gasteiger partial charge is 0.133 e. The van der Waals surface area contributed by atoms with Crippen LogP contribution in [0.4, 0.5) is 10.8 Å². The average molecular weight is 369 g/mol. The molecular formula is C23H32N2S. The van der Waals surface area contributed by atoms with Crippen LogP contribution in [0, 0.1) is 6.92 Å². The molecule has 0 bridgehead atoms. The minimum Gasteiger partial charge on any atom is -0.318 e. The molecule has 0 spiro atoms. The van der Waals surface area contributed by atoms with Crippen molar-refractivity contribution >= 4 is 27.7 Å². The Morgan fingerprint density at radius 1 is 1.19 bits per heavy atom. The predicted octanol–water partition coefficient (Wildman–Crippen LogP) is 6.99. The van der Waals surface area contributed by atoms with Crippen LogP contribution in [0.1, 0.15) is 76.0 Å². The zero-order chi connectivity index (χ0) is 19.3. The fraction of sp³-hybridized carbons (Fsp3) is 0.522. The van der Waals surface area contributed by atoms with Gasteiger partial charge in [-0.15, -0.1) is 11.3 Å². The zero-order valence-electron chi connectivity index (χ0n) is 17.4. The lowest BCUT2D eigenvalue weighted by atomic mass is 9.66. The Morgan fingerprint density at radius 2 is 1.85 bits per heavy atom. The van der Waals surface area contributed by atoms with Crippen LogP contribution in [-0.4, -0.2) is 11.5 Å². The Morgan fingerprint density at radius 3 is 2.35 bits per heavy atom. The maximum atomic E-state index is 4.74. The quantitative estimate of drug-likeness (QED) is 0.578. The number of rotatable bonds is 4. The normalized spacial score (nSPS) is 17.7. The summed E-state index contributed by atoms with van der Waals surface area (Å²) in [4.78, 5) is 8.67. The molecule has 0 amide bonds. The van der Waals surface area contributed by atoms with Gasteiger partial charge >= 0.3 is 0 Å². The van der Waals surface area contributed by atoms with E-state index in [1.54, 1.807) is 10.4 Å².